The van der Waals surface area contributed by atoms with Crippen LogP contribution in [0.3, 0.4) is 0 Å². The molecule has 1 aromatic heterocycles. The summed E-state index contributed by atoms with van der Waals surface area (Å²) in [5, 5.41) is 8.09. The predicted octanol–water partition coefficient (Wildman–Crippen LogP) is 2.65. The molecule has 0 spiro atoms. The summed E-state index contributed by atoms with van der Waals surface area (Å²) in [6.07, 6.45) is 1.15. The summed E-state index contributed by atoms with van der Waals surface area (Å²) < 4.78 is 13.3. The van der Waals surface area contributed by atoms with Gasteiger partial charge in [-0.2, -0.15) is 5.10 Å². The number of aromatic nitrogens is 2. The van der Waals surface area contributed by atoms with Crippen LogP contribution in [0.2, 0.25) is 0 Å². The van der Waals surface area contributed by atoms with Crippen LogP contribution < -0.4 is 14.8 Å². The number of nitrogens with one attached hydrogen (secondary N) is 1. The van der Waals surface area contributed by atoms with Gasteiger partial charge in [0.2, 0.25) is 5.88 Å². The van der Waals surface area contributed by atoms with Gasteiger partial charge in [0.25, 0.3) is 0 Å². The minimum Gasteiger partial charge on any atom is -0.488 e. The molecule has 1 aliphatic heterocycles. The Kier molecular flexibility index (Phi) is 4.57. The molecular weight excluding hydrogens is 290 g/mol. The van der Waals surface area contributed by atoms with Crippen LogP contribution in [0.5, 0.6) is 11.6 Å². The van der Waals surface area contributed by atoms with Gasteiger partial charge in [0.1, 0.15) is 11.9 Å². The third-order valence-electron chi connectivity index (χ3n) is 4.25. The van der Waals surface area contributed by atoms with E-state index in [-0.39, 0.29) is 6.10 Å². The van der Waals surface area contributed by atoms with E-state index in [2.05, 4.69) is 36.4 Å². The van der Waals surface area contributed by atoms with Crippen molar-refractivity contribution in [2.24, 2.45) is 7.05 Å². The highest BCUT2D eigenvalue weighted by Crippen LogP contribution is 2.29. The topological polar surface area (TPSA) is 48.3 Å². The summed E-state index contributed by atoms with van der Waals surface area (Å²) in [6.45, 7) is 5.86. The average molecular weight is 315 g/mol. The SMILES string of the molecule is COc1c(CNC[C@H]2Cc3ccccc3O2)c(C(C)C)nn1C. The molecule has 5 nitrogen and oxygen atoms in total. The van der Waals surface area contributed by atoms with Crippen molar-refractivity contribution in [2.45, 2.75) is 38.8 Å². The van der Waals surface area contributed by atoms with E-state index in [0.717, 1.165) is 42.4 Å². The van der Waals surface area contributed by atoms with Gasteiger partial charge < -0.3 is 14.8 Å². The smallest absolute Gasteiger partial charge is 0.216 e. The molecule has 5 heteroatoms. The Bertz CT molecular complexity index is 654. The van der Waals surface area contributed by atoms with Gasteiger partial charge in [0.15, 0.2) is 0 Å². The summed E-state index contributed by atoms with van der Waals surface area (Å²) in [7, 11) is 3.62. The zero-order chi connectivity index (χ0) is 16.4. The molecule has 124 valence electrons. The van der Waals surface area contributed by atoms with Crippen molar-refractivity contribution >= 4 is 0 Å². The second kappa shape index (κ2) is 6.62. The number of nitrogens with zero attached hydrogens (tertiary/aromatic N) is 2. The lowest BCUT2D eigenvalue weighted by Gasteiger charge is -2.13. The third-order valence-corrected chi connectivity index (χ3v) is 4.25. The molecule has 23 heavy (non-hydrogen) atoms. The molecule has 1 atom stereocenters. The van der Waals surface area contributed by atoms with E-state index < -0.39 is 0 Å². The highest BCUT2D eigenvalue weighted by atomic mass is 16.5. The van der Waals surface area contributed by atoms with Crippen LogP contribution in [0.15, 0.2) is 24.3 Å². The van der Waals surface area contributed by atoms with Crippen molar-refractivity contribution in [3.8, 4) is 11.6 Å². The van der Waals surface area contributed by atoms with Gasteiger partial charge in [-0.1, -0.05) is 32.0 Å². The molecule has 0 saturated heterocycles. The lowest BCUT2D eigenvalue weighted by Crippen LogP contribution is -2.30. The van der Waals surface area contributed by atoms with E-state index in [1.807, 2.05) is 23.9 Å². The first-order chi connectivity index (χ1) is 11.1. The van der Waals surface area contributed by atoms with Gasteiger partial charge in [-0.05, 0) is 17.5 Å². The molecule has 0 unspecified atom stereocenters. The lowest BCUT2D eigenvalue weighted by atomic mass is 10.1. The Morgan fingerprint density at radius 1 is 1.39 bits per heavy atom. The fourth-order valence-electron chi connectivity index (χ4n) is 3.18. The predicted molar refractivity (Wildman–Crippen MR) is 90.1 cm³/mol. The van der Waals surface area contributed by atoms with Crippen LogP contribution in [0.25, 0.3) is 0 Å². The molecular formula is C18H25N3O2. The van der Waals surface area contributed by atoms with Gasteiger partial charge >= 0.3 is 0 Å². The van der Waals surface area contributed by atoms with Gasteiger partial charge in [0.05, 0.1) is 18.4 Å². The fourth-order valence-corrected chi connectivity index (χ4v) is 3.18. The van der Waals surface area contributed by atoms with Crippen LogP contribution in [0.4, 0.5) is 0 Å². The maximum absolute atomic E-state index is 5.97. The lowest BCUT2D eigenvalue weighted by molar-refractivity contribution is 0.227. The second-order valence-electron chi connectivity index (χ2n) is 6.33. The number of benzene rings is 1. The third kappa shape index (κ3) is 3.20. The van der Waals surface area contributed by atoms with Crippen LogP contribution in [-0.4, -0.2) is 29.5 Å². The van der Waals surface area contributed by atoms with Crippen LogP contribution in [0, 0.1) is 0 Å². The van der Waals surface area contributed by atoms with Crippen LogP contribution in [-0.2, 0) is 20.0 Å². The summed E-state index contributed by atoms with van der Waals surface area (Å²) in [4.78, 5) is 0. The van der Waals surface area contributed by atoms with Crippen LogP contribution >= 0.6 is 0 Å². The molecule has 2 heterocycles. The van der Waals surface area contributed by atoms with Gasteiger partial charge in [-0.3, -0.25) is 0 Å². The molecule has 2 aromatic rings. The molecule has 0 fully saturated rings. The monoisotopic (exact) mass is 315 g/mol. The normalized spacial score (nSPS) is 16.5. The van der Waals surface area contributed by atoms with E-state index in [0.29, 0.717) is 5.92 Å². The number of fused-ring (bicyclic) bond motifs is 1. The Morgan fingerprint density at radius 3 is 2.87 bits per heavy atom. The van der Waals surface area contributed by atoms with E-state index >= 15 is 0 Å². The number of ether oxygens (including phenoxy) is 2. The first kappa shape index (κ1) is 15.9. The maximum Gasteiger partial charge on any atom is 0.216 e. The Labute approximate surface area is 137 Å². The molecule has 0 amide bonds. The summed E-state index contributed by atoms with van der Waals surface area (Å²) in [6, 6.07) is 8.25. The molecule has 0 bridgehead atoms. The number of aryl methyl sites for hydroxylation is 1. The van der Waals surface area contributed by atoms with E-state index in [9.17, 15) is 0 Å². The maximum atomic E-state index is 5.97. The molecule has 1 aromatic carbocycles. The fraction of sp³-hybridized carbons (Fsp3) is 0.500. The zero-order valence-electron chi connectivity index (χ0n) is 14.3. The minimum absolute atomic E-state index is 0.192. The average Bonchev–Trinajstić information content (AvgIpc) is 3.07. The Balaban J connectivity index is 1.62. The highest BCUT2D eigenvalue weighted by Gasteiger charge is 2.23. The largest absolute Gasteiger partial charge is 0.488 e. The molecule has 0 radical (unpaired) electrons. The van der Waals surface area contributed by atoms with Crippen molar-refractivity contribution in [3.05, 3.63) is 41.1 Å². The van der Waals surface area contributed by atoms with Gasteiger partial charge in [0, 0.05) is 26.6 Å². The molecule has 1 N–H and O–H groups in total. The van der Waals surface area contributed by atoms with Crippen molar-refractivity contribution in [1.82, 2.24) is 15.1 Å². The van der Waals surface area contributed by atoms with Crippen molar-refractivity contribution in [3.63, 3.8) is 0 Å². The number of para-hydroxylation sites is 1. The first-order valence-electron chi connectivity index (χ1n) is 8.15. The second-order valence-corrected chi connectivity index (χ2v) is 6.33. The standard InChI is InChI=1S/C18H25N3O2/c1-12(2)17-15(18(22-4)21(3)20-17)11-19-10-14-9-13-7-5-6-8-16(13)23-14/h5-8,12,14,19H,9-11H2,1-4H3/t14-/m1/s1. The van der Waals surface area contributed by atoms with Crippen molar-refractivity contribution < 1.29 is 9.47 Å². The molecule has 0 saturated carbocycles. The number of methoxy groups -OCH3 is 1. The highest BCUT2D eigenvalue weighted by molar-refractivity contribution is 5.37. The number of hydrogen-bond acceptors (Lipinski definition) is 4. The molecule has 3 rings (SSSR count). The van der Waals surface area contributed by atoms with Gasteiger partial charge in [-0.25, -0.2) is 4.68 Å². The van der Waals surface area contributed by atoms with Crippen molar-refractivity contribution in [1.29, 1.82) is 0 Å². The van der Waals surface area contributed by atoms with E-state index in [1.165, 1.54) is 5.56 Å². The number of hydrogen-bond donors (Lipinski definition) is 1. The zero-order valence-corrected chi connectivity index (χ0v) is 14.3. The quantitative estimate of drug-likeness (QED) is 0.890. The Hall–Kier alpha value is -2.01. The van der Waals surface area contributed by atoms with E-state index in [4.69, 9.17) is 9.47 Å². The van der Waals surface area contributed by atoms with E-state index in [1.54, 1.807) is 7.11 Å². The first-order valence-corrected chi connectivity index (χ1v) is 8.15. The molecule has 1 aliphatic rings. The summed E-state index contributed by atoms with van der Waals surface area (Å²) >= 11 is 0. The van der Waals surface area contributed by atoms with Crippen molar-refractivity contribution in [2.75, 3.05) is 13.7 Å². The summed E-state index contributed by atoms with van der Waals surface area (Å²) in [5.41, 5.74) is 3.52. The molecule has 0 aliphatic carbocycles. The summed E-state index contributed by atoms with van der Waals surface area (Å²) in [5.74, 6) is 2.21. The number of rotatable bonds is 6. The minimum atomic E-state index is 0.192. The van der Waals surface area contributed by atoms with Gasteiger partial charge in [-0.15, -0.1) is 0 Å². The van der Waals surface area contributed by atoms with Crippen LogP contribution in [0.1, 0.15) is 36.6 Å². The Morgan fingerprint density at radius 2 is 2.17 bits per heavy atom.